The molecule has 1 aliphatic rings. The van der Waals surface area contributed by atoms with Crippen LogP contribution in [-0.2, 0) is 4.74 Å². The number of urea groups is 1. The molecule has 0 unspecified atom stereocenters. The van der Waals surface area contributed by atoms with Gasteiger partial charge in [-0.15, -0.1) is 5.10 Å². The predicted molar refractivity (Wildman–Crippen MR) is 135 cm³/mol. The number of amides is 2. The fourth-order valence-electron chi connectivity index (χ4n) is 3.85. The van der Waals surface area contributed by atoms with Crippen LogP contribution in [0.3, 0.4) is 0 Å². The first-order valence-corrected chi connectivity index (χ1v) is 11.5. The largest absolute Gasteiger partial charge is 0.465 e. The number of halogens is 1. The number of anilines is 2. The van der Waals surface area contributed by atoms with Crippen LogP contribution < -0.4 is 15.8 Å². The normalized spacial score (nSPS) is 13.5. The van der Waals surface area contributed by atoms with Crippen molar-refractivity contribution in [2.45, 2.75) is 13.8 Å². The van der Waals surface area contributed by atoms with Gasteiger partial charge in [-0.2, -0.15) is 4.68 Å². The highest BCUT2D eigenvalue weighted by atomic mass is 35.5. The Kier molecular flexibility index (Phi) is 7.07. The van der Waals surface area contributed by atoms with E-state index in [1.807, 2.05) is 36.9 Å². The van der Waals surface area contributed by atoms with Crippen molar-refractivity contribution in [1.82, 2.24) is 14.7 Å². The summed E-state index contributed by atoms with van der Waals surface area (Å²) in [4.78, 5) is 41.0. The lowest BCUT2D eigenvalue weighted by Crippen LogP contribution is -2.50. The molecule has 1 aromatic heterocycles. The Bertz CT molecular complexity index is 1330. The molecule has 0 atom stereocenters. The molecule has 1 fully saturated rings. The predicted octanol–water partition coefficient (Wildman–Crippen LogP) is 3.64. The third kappa shape index (κ3) is 5.30. The minimum atomic E-state index is -0.563. The van der Waals surface area contributed by atoms with Gasteiger partial charge < -0.3 is 19.9 Å². The van der Waals surface area contributed by atoms with Crippen LogP contribution in [0.15, 0.2) is 53.3 Å². The molecule has 4 rings (SSSR count). The molecule has 3 aromatic rings. The Morgan fingerprint density at radius 3 is 2.40 bits per heavy atom. The molecule has 2 aromatic carbocycles. The van der Waals surface area contributed by atoms with Gasteiger partial charge in [0.2, 0.25) is 0 Å². The number of nitrogens with zero attached hydrogens (tertiary/aromatic N) is 4. The quantitative estimate of drug-likeness (QED) is 0.555. The molecule has 0 spiro atoms. The third-order valence-corrected chi connectivity index (χ3v) is 6.28. The van der Waals surface area contributed by atoms with Crippen molar-refractivity contribution >= 4 is 35.1 Å². The molecule has 10 heteroatoms. The Morgan fingerprint density at radius 2 is 1.71 bits per heavy atom. The molecule has 182 valence electrons. The Balaban J connectivity index is 1.45. The average Bonchev–Trinajstić information content (AvgIpc) is 2.86. The Labute approximate surface area is 207 Å². The second-order valence-corrected chi connectivity index (χ2v) is 8.73. The lowest BCUT2D eigenvalue weighted by atomic mass is 10.1. The number of carbonyl (C=O) groups is 2. The zero-order valence-electron chi connectivity index (χ0n) is 19.7. The van der Waals surface area contributed by atoms with E-state index in [1.54, 1.807) is 17.0 Å². The number of methoxy groups -OCH3 is 1. The van der Waals surface area contributed by atoms with Crippen LogP contribution in [0.1, 0.15) is 21.5 Å². The second kappa shape index (κ2) is 10.2. The van der Waals surface area contributed by atoms with Gasteiger partial charge in [0.15, 0.2) is 0 Å². The summed E-state index contributed by atoms with van der Waals surface area (Å²) in [6.07, 6.45) is 0. The van der Waals surface area contributed by atoms with Gasteiger partial charge in [-0.3, -0.25) is 4.79 Å². The Hall–Kier alpha value is -3.85. The highest BCUT2D eigenvalue weighted by Gasteiger charge is 2.24. The molecule has 0 saturated carbocycles. The van der Waals surface area contributed by atoms with E-state index >= 15 is 0 Å². The van der Waals surface area contributed by atoms with E-state index in [1.165, 1.54) is 30.0 Å². The van der Waals surface area contributed by atoms with Crippen LogP contribution >= 0.6 is 11.6 Å². The average molecular weight is 496 g/mol. The lowest BCUT2D eigenvalue weighted by molar-refractivity contribution is 0.0602. The molecular formula is C25H26ClN5O4. The molecule has 0 bridgehead atoms. The summed E-state index contributed by atoms with van der Waals surface area (Å²) >= 11 is 6.05. The number of hydrogen-bond acceptors (Lipinski definition) is 6. The van der Waals surface area contributed by atoms with Crippen LogP contribution in [-0.4, -0.2) is 60.0 Å². The third-order valence-electron chi connectivity index (χ3n) is 6.04. The van der Waals surface area contributed by atoms with E-state index in [0.29, 0.717) is 48.4 Å². The number of aryl methyl sites for hydroxylation is 2. The molecule has 0 aliphatic carbocycles. The number of aromatic nitrogens is 2. The molecule has 35 heavy (non-hydrogen) atoms. The minimum absolute atomic E-state index is 0.210. The molecule has 2 amide bonds. The summed E-state index contributed by atoms with van der Waals surface area (Å²) in [5.74, 6) is 0.0949. The van der Waals surface area contributed by atoms with Crippen LogP contribution in [0, 0.1) is 13.8 Å². The Morgan fingerprint density at radius 1 is 0.971 bits per heavy atom. The highest BCUT2D eigenvalue weighted by molar-refractivity contribution is 6.31. The van der Waals surface area contributed by atoms with Crippen molar-refractivity contribution in [3.63, 3.8) is 0 Å². The van der Waals surface area contributed by atoms with E-state index in [2.05, 4.69) is 10.4 Å². The van der Waals surface area contributed by atoms with Gasteiger partial charge in [0, 0.05) is 37.3 Å². The van der Waals surface area contributed by atoms with Gasteiger partial charge in [-0.25, -0.2) is 9.59 Å². The first kappa shape index (κ1) is 24.3. The molecule has 1 N–H and O–H groups in total. The van der Waals surface area contributed by atoms with E-state index in [4.69, 9.17) is 16.3 Å². The number of piperazine rings is 1. The minimum Gasteiger partial charge on any atom is -0.465 e. The maximum Gasteiger partial charge on any atom is 0.339 e. The topological polar surface area (TPSA) is 96.8 Å². The fraction of sp³-hybridized carbons (Fsp3) is 0.280. The SMILES string of the molecule is COC(=O)c1ccc(Cl)cc1NC(=O)N1CCN(c2ccc(=O)n(-c3ccc(C)c(C)c3)n2)CC1. The number of hydrogen-bond donors (Lipinski definition) is 1. The number of rotatable bonds is 4. The standard InChI is InChI=1S/C25H26ClN5O4/c1-16-4-6-19(14-17(16)2)31-23(32)9-8-22(28-31)29-10-12-30(13-11-29)25(34)27-21-15-18(26)5-7-20(21)24(33)35-3/h4-9,14-15H,10-13H2,1-3H3,(H,27,34). The van der Waals surface area contributed by atoms with Crippen molar-refractivity contribution in [3.05, 3.63) is 80.6 Å². The number of esters is 1. The number of carbonyl (C=O) groups excluding carboxylic acids is 2. The molecule has 9 nitrogen and oxygen atoms in total. The van der Waals surface area contributed by atoms with Crippen LogP contribution in [0.25, 0.3) is 5.69 Å². The molecular weight excluding hydrogens is 470 g/mol. The highest BCUT2D eigenvalue weighted by Crippen LogP contribution is 2.23. The van der Waals surface area contributed by atoms with Gasteiger partial charge in [0.25, 0.3) is 5.56 Å². The van der Waals surface area contributed by atoms with Crippen LogP contribution in [0.2, 0.25) is 5.02 Å². The summed E-state index contributed by atoms with van der Waals surface area (Å²) < 4.78 is 6.18. The molecule has 0 radical (unpaired) electrons. The van der Waals surface area contributed by atoms with Crippen molar-refractivity contribution in [1.29, 1.82) is 0 Å². The van der Waals surface area contributed by atoms with Gasteiger partial charge >= 0.3 is 12.0 Å². The van der Waals surface area contributed by atoms with Gasteiger partial charge in [0.05, 0.1) is 24.0 Å². The van der Waals surface area contributed by atoms with Crippen molar-refractivity contribution in [3.8, 4) is 5.69 Å². The monoisotopic (exact) mass is 495 g/mol. The molecule has 1 saturated heterocycles. The zero-order valence-corrected chi connectivity index (χ0v) is 20.5. The van der Waals surface area contributed by atoms with E-state index < -0.39 is 5.97 Å². The van der Waals surface area contributed by atoms with E-state index in [9.17, 15) is 14.4 Å². The van der Waals surface area contributed by atoms with E-state index in [0.717, 1.165) is 11.1 Å². The first-order chi connectivity index (χ1) is 16.8. The summed E-state index contributed by atoms with van der Waals surface area (Å²) in [7, 11) is 1.28. The number of benzene rings is 2. The van der Waals surface area contributed by atoms with Crippen LogP contribution in [0.5, 0.6) is 0 Å². The summed E-state index contributed by atoms with van der Waals surface area (Å²) in [5.41, 5.74) is 3.24. The maximum absolute atomic E-state index is 12.9. The van der Waals surface area contributed by atoms with Crippen molar-refractivity contribution < 1.29 is 14.3 Å². The second-order valence-electron chi connectivity index (χ2n) is 8.30. The maximum atomic E-state index is 12.9. The summed E-state index contributed by atoms with van der Waals surface area (Å²) in [6.45, 7) is 5.95. The van der Waals surface area contributed by atoms with Crippen LogP contribution in [0.4, 0.5) is 16.3 Å². The van der Waals surface area contributed by atoms with Gasteiger partial charge in [-0.05, 0) is 61.4 Å². The number of nitrogens with one attached hydrogen (secondary N) is 1. The molecule has 1 aliphatic heterocycles. The lowest BCUT2D eigenvalue weighted by Gasteiger charge is -2.35. The molecule has 2 heterocycles. The zero-order chi connectivity index (χ0) is 25.1. The fourth-order valence-corrected chi connectivity index (χ4v) is 4.03. The summed E-state index contributed by atoms with van der Waals surface area (Å²) in [6, 6.07) is 13.2. The first-order valence-electron chi connectivity index (χ1n) is 11.1. The summed E-state index contributed by atoms with van der Waals surface area (Å²) in [5, 5.41) is 7.72. The van der Waals surface area contributed by atoms with Crippen molar-refractivity contribution in [2.24, 2.45) is 0 Å². The van der Waals surface area contributed by atoms with E-state index in [-0.39, 0.29) is 17.2 Å². The van der Waals surface area contributed by atoms with Crippen molar-refractivity contribution in [2.75, 3.05) is 43.5 Å². The number of ether oxygens (including phenoxy) is 1. The van der Waals surface area contributed by atoms with Gasteiger partial charge in [0.1, 0.15) is 5.82 Å². The van der Waals surface area contributed by atoms with Gasteiger partial charge in [-0.1, -0.05) is 17.7 Å². The smallest absolute Gasteiger partial charge is 0.339 e.